The molecule has 20 heavy (non-hydrogen) atoms. The van der Waals surface area contributed by atoms with E-state index < -0.39 is 22.7 Å². The summed E-state index contributed by atoms with van der Waals surface area (Å²) in [4.78, 5) is 32.2. The molecule has 0 radical (unpaired) electrons. The molecular weight excluding hydrogens is 266 g/mol. The normalized spacial score (nSPS) is 11.7. The van der Waals surface area contributed by atoms with Crippen molar-refractivity contribution in [2.24, 2.45) is 11.7 Å². The number of nitrogens with zero attached hydrogens (tertiary/aromatic N) is 1. The van der Waals surface area contributed by atoms with Crippen LogP contribution in [0.15, 0.2) is 18.2 Å². The summed E-state index contributed by atoms with van der Waals surface area (Å²) < 4.78 is 0. The lowest BCUT2D eigenvalue weighted by atomic mass is 10.1. The number of hydrogen-bond acceptors (Lipinski definition) is 5. The zero-order chi connectivity index (χ0) is 15.3. The Morgan fingerprint density at radius 1 is 1.50 bits per heavy atom. The average molecular weight is 281 g/mol. The molecule has 4 N–H and O–H groups in total. The van der Waals surface area contributed by atoms with Crippen LogP contribution >= 0.6 is 0 Å². The van der Waals surface area contributed by atoms with Crippen molar-refractivity contribution in [2.75, 3.05) is 11.9 Å². The first-order valence-electron chi connectivity index (χ1n) is 5.91. The number of nitrogens with one attached hydrogen (secondary N) is 1. The van der Waals surface area contributed by atoms with E-state index in [4.69, 9.17) is 10.8 Å². The topological polar surface area (TPSA) is 136 Å². The number of carboxylic acids is 1. The number of carbonyl (C=O) groups excluding carboxylic acids is 1. The Labute approximate surface area is 114 Å². The highest BCUT2D eigenvalue weighted by atomic mass is 16.6. The van der Waals surface area contributed by atoms with Crippen LogP contribution in [0.3, 0.4) is 0 Å². The number of aliphatic carboxylic acids is 1. The Bertz CT molecular complexity index is 544. The summed E-state index contributed by atoms with van der Waals surface area (Å²) in [5.74, 6) is -2.40. The van der Waals surface area contributed by atoms with Crippen LogP contribution in [-0.4, -0.2) is 28.5 Å². The lowest BCUT2D eigenvalue weighted by molar-refractivity contribution is -0.384. The molecular formula is C12H15N3O5. The van der Waals surface area contributed by atoms with Crippen LogP contribution in [0.25, 0.3) is 0 Å². The van der Waals surface area contributed by atoms with Crippen LogP contribution in [0.4, 0.5) is 11.4 Å². The molecule has 0 heterocycles. The molecule has 1 aromatic rings. The highest BCUT2D eigenvalue weighted by Gasteiger charge is 2.18. The summed E-state index contributed by atoms with van der Waals surface area (Å²) in [6.45, 7) is 1.83. The van der Waals surface area contributed by atoms with Crippen molar-refractivity contribution in [1.29, 1.82) is 0 Å². The van der Waals surface area contributed by atoms with Gasteiger partial charge in [0.15, 0.2) is 0 Å². The summed E-state index contributed by atoms with van der Waals surface area (Å²) in [5.41, 5.74) is 5.15. The van der Waals surface area contributed by atoms with Crippen molar-refractivity contribution >= 4 is 23.3 Å². The number of carboxylic acid groups (broad SMARTS) is 1. The predicted octanol–water partition coefficient (Wildman–Crippen LogP) is 1.22. The van der Waals surface area contributed by atoms with E-state index in [1.54, 1.807) is 6.92 Å². The van der Waals surface area contributed by atoms with Crippen LogP contribution in [-0.2, 0) is 4.79 Å². The van der Waals surface area contributed by atoms with E-state index in [9.17, 15) is 19.7 Å². The molecule has 0 aliphatic carbocycles. The molecule has 0 aliphatic rings. The van der Waals surface area contributed by atoms with Gasteiger partial charge in [0.05, 0.1) is 16.4 Å². The second-order valence-corrected chi connectivity index (χ2v) is 4.18. The highest BCUT2D eigenvalue weighted by molar-refractivity contribution is 5.99. The van der Waals surface area contributed by atoms with Gasteiger partial charge in [-0.15, -0.1) is 0 Å². The third-order valence-electron chi connectivity index (χ3n) is 2.86. The fourth-order valence-electron chi connectivity index (χ4n) is 1.64. The molecule has 1 aromatic carbocycles. The van der Waals surface area contributed by atoms with E-state index in [2.05, 4.69) is 5.32 Å². The summed E-state index contributed by atoms with van der Waals surface area (Å²) in [6, 6.07) is 3.62. The van der Waals surface area contributed by atoms with Gasteiger partial charge in [0, 0.05) is 24.4 Å². The maximum absolute atomic E-state index is 11.3. The molecule has 8 nitrogen and oxygen atoms in total. The number of nitrogens with two attached hydrogens (primary N) is 1. The van der Waals surface area contributed by atoms with Gasteiger partial charge in [-0.05, 0) is 12.5 Å². The van der Waals surface area contributed by atoms with Crippen LogP contribution in [0, 0.1) is 16.0 Å². The van der Waals surface area contributed by atoms with E-state index in [-0.39, 0.29) is 23.5 Å². The summed E-state index contributed by atoms with van der Waals surface area (Å²) in [6.07, 6.45) is 0.418. The van der Waals surface area contributed by atoms with Crippen LogP contribution < -0.4 is 11.1 Å². The van der Waals surface area contributed by atoms with Gasteiger partial charge in [0.1, 0.15) is 0 Å². The van der Waals surface area contributed by atoms with E-state index >= 15 is 0 Å². The molecule has 0 aliphatic heterocycles. The molecule has 1 unspecified atom stereocenters. The van der Waals surface area contributed by atoms with Gasteiger partial charge in [-0.2, -0.15) is 0 Å². The molecule has 0 saturated carbocycles. The lowest BCUT2D eigenvalue weighted by Gasteiger charge is -2.14. The van der Waals surface area contributed by atoms with E-state index in [0.717, 1.165) is 6.07 Å². The van der Waals surface area contributed by atoms with Crippen LogP contribution in [0.1, 0.15) is 23.7 Å². The minimum atomic E-state index is -0.956. The number of non-ortho nitro benzene ring substituents is 1. The number of nitro benzene ring substituents is 1. The van der Waals surface area contributed by atoms with E-state index in [0.29, 0.717) is 6.42 Å². The maximum Gasteiger partial charge on any atom is 0.308 e. The second kappa shape index (κ2) is 6.50. The SMILES string of the molecule is CCC(CNc1ccc([N+](=O)[O-])cc1C(N)=O)C(=O)O. The number of benzene rings is 1. The molecule has 0 spiro atoms. The Morgan fingerprint density at radius 3 is 2.60 bits per heavy atom. The molecule has 8 heteroatoms. The van der Waals surface area contributed by atoms with Gasteiger partial charge in [-0.3, -0.25) is 19.7 Å². The number of anilines is 1. The first-order valence-corrected chi connectivity index (χ1v) is 5.91. The second-order valence-electron chi connectivity index (χ2n) is 4.18. The van der Waals surface area contributed by atoms with Gasteiger partial charge in [0.2, 0.25) is 0 Å². The summed E-state index contributed by atoms with van der Waals surface area (Å²) in [5, 5.41) is 22.4. The number of amides is 1. The Hall–Kier alpha value is -2.64. The minimum absolute atomic E-state index is 0.0422. The molecule has 0 aromatic heterocycles. The third kappa shape index (κ3) is 3.67. The Morgan fingerprint density at radius 2 is 2.15 bits per heavy atom. The van der Waals surface area contributed by atoms with Crippen molar-refractivity contribution < 1.29 is 19.6 Å². The number of primary amides is 1. The van der Waals surface area contributed by atoms with Crippen molar-refractivity contribution in [3.8, 4) is 0 Å². The summed E-state index contributed by atoms with van der Waals surface area (Å²) >= 11 is 0. The number of carbonyl (C=O) groups is 2. The zero-order valence-electron chi connectivity index (χ0n) is 10.8. The Kier molecular flexibility index (Phi) is 5.01. The monoisotopic (exact) mass is 281 g/mol. The van der Waals surface area contributed by atoms with Crippen LogP contribution in [0.5, 0.6) is 0 Å². The smallest absolute Gasteiger partial charge is 0.308 e. The lowest BCUT2D eigenvalue weighted by Crippen LogP contribution is -2.23. The fraction of sp³-hybridized carbons (Fsp3) is 0.333. The third-order valence-corrected chi connectivity index (χ3v) is 2.86. The molecule has 0 bridgehead atoms. The van der Waals surface area contributed by atoms with Gasteiger partial charge in [-0.25, -0.2) is 0 Å². The predicted molar refractivity (Wildman–Crippen MR) is 71.5 cm³/mol. The van der Waals surface area contributed by atoms with Crippen molar-refractivity contribution in [3.05, 3.63) is 33.9 Å². The number of hydrogen-bond donors (Lipinski definition) is 3. The molecule has 0 saturated heterocycles. The zero-order valence-corrected chi connectivity index (χ0v) is 10.8. The number of rotatable bonds is 7. The van der Waals surface area contributed by atoms with E-state index in [1.807, 2.05) is 0 Å². The first-order chi connectivity index (χ1) is 9.36. The van der Waals surface area contributed by atoms with Gasteiger partial charge >= 0.3 is 5.97 Å². The fourth-order valence-corrected chi connectivity index (χ4v) is 1.64. The Balaban J connectivity index is 2.97. The molecule has 1 atom stereocenters. The number of nitro groups is 1. The quantitative estimate of drug-likeness (QED) is 0.507. The molecule has 1 rings (SSSR count). The largest absolute Gasteiger partial charge is 0.481 e. The standard InChI is InChI=1S/C12H15N3O5/c1-2-7(12(17)18)6-14-10-4-3-8(15(19)20)5-9(10)11(13)16/h3-5,7,14H,2,6H2,1H3,(H2,13,16)(H,17,18). The minimum Gasteiger partial charge on any atom is -0.481 e. The van der Waals surface area contributed by atoms with Gasteiger partial charge < -0.3 is 16.2 Å². The van der Waals surface area contributed by atoms with E-state index in [1.165, 1.54) is 12.1 Å². The van der Waals surface area contributed by atoms with Gasteiger partial charge in [-0.1, -0.05) is 6.92 Å². The van der Waals surface area contributed by atoms with Crippen molar-refractivity contribution in [2.45, 2.75) is 13.3 Å². The van der Waals surface area contributed by atoms with Crippen molar-refractivity contribution in [1.82, 2.24) is 0 Å². The van der Waals surface area contributed by atoms with Crippen molar-refractivity contribution in [3.63, 3.8) is 0 Å². The first kappa shape index (κ1) is 15.4. The maximum atomic E-state index is 11.3. The highest BCUT2D eigenvalue weighted by Crippen LogP contribution is 2.22. The van der Waals surface area contributed by atoms with Crippen LogP contribution in [0.2, 0.25) is 0 Å². The summed E-state index contributed by atoms with van der Waals surface area (Å²) in [7, 11) is 0. The average Bonchev–Trinajstić information content (AvgIpc) is 2.38. The molecule has 0 fully saturated rings. The van der Waals surface area contributed by atoms with Gasteiger partial charge in [0.25, 0.3) is 11.6 Å². The molecule has 1 amide bonds. The molecule has 108 valence electrons.